The molecule has 4 nitrogen and oxygen atoms in total. The molecular formula is C19H17F3N4S. The van der Waals surface area contributed by atoms with Crippen LogP contribution in [-0.2, 0) is 25.7 Å². The van der Waals surface area contributed by atoms with Gasteiger partial charge in [-0.1, -0.05) is 12.1 Å². The minimum Gasteiger partial charge on any atom is -0.293 e. The van der Waals surface area contributed by atoms with Gasteiger partial charge in [0.15, 0.2) is 5.82 Å². The molecule has 0 saturated carbocycles. The van der Waals surface area contributed by atoms with E-state index in [4.69, 9.17) is 0 Å². The van der Waals surface area contributed by atoms with Crippen LogP contribution >= 0.6 is 11.3 Å². The largest absolute Gasteiger partial charge is 0.416 e. The Hall–Kier alpha value is -2.32. The predicted molar refractivity (Wildman–Crippen MR) is 97.1 cm³/mol. The molecule has 0 atom stereocenters. The molecule has 2 aromatic heterocycles. The van der Waals surface area contributed by atoms with Gasteiger partial charge in [-0.2, -0.15) is 13.2 Å². The summed E-state index contributed by atoms with van der Waals surface area (Å²) in [7, 11) is 0. The van der Waals surface area contributed by atoms with E-state index in [0.29, 0.717) is 11.4 Å². The van der Waals surface area contributed by atoms with E-state index in [1.807, 2.05) is 12.4 Å². The van der Waals surface area contributed by atoms with Crippen LogP contribution in [0.15, 0.2) is 36.0 Å². The van der Waals surface area contributed by atoms with Gasteiger partial charge in [0, 0.05) is 48.3 Å². The number of fused-ring (bicyclic) bond motifs is 1. The number of alkyl halides is 3. The summed E-state index contributed by atoms with van der Waals surface area (Å²) in [6.07, 6.45) is -1.75. The van der Waals surface area contributed by atoms with E-state index >= 15 is 0 Å². The minimum atomic E-state index is -4.34. The summed E-state index contributed by atoms with van der Waals surface area (Å²) >= 11 is 1.66. The summed E-state index contributed by atoms with van der Waals surface area (Å²) in [5.74, 6) is 0.467. The van der Waals surface area contributed by atoms with Crippen molar-refractivity contribution in [3.63, 3.8) is 0 Å². The van der Waals surface area contributed by atoms with Crippen molar-refractivity contribution in [1.82, 2.24) is 19.9 Å². The number of nitrogens with zero attached hydrogens (tertiary/aromatic N) is 4. The van der Waals surface area contributed by atoms with Crippen LogP contribution in [0.4, 0.5) is 13.2 Å². The minimum absolute atomic E-state index is 0.467. The standard InChI is InChI=1S/C19H17F3N4S/c1-12-17(27-11-24-12)10-26-7-6-16-14(9-26)8-23-18(25-16)13-2-4-15(5-3-13)19(20,21)22/h2-5,8,11H,6-7,9-10H2,1H3. The van der Waals surface area contributed by atoms with E-state index in [1.165, 1.54) is 17.0 Å². The fraction of sp³-hybridized carbons (Fsp3) is 0.316. The van der Waals surface area contributed by atoms with Gasteiger partial charge in [-0.3, -0.25) is 4.90 Å². The second-order valence-corrected chi connectivity index (χ2v) is 7.50. The third-order valence-corrected chi connectivity index (χ3v) is 5.62. The molecule has 0 amide bonds. The van der Waals surface area contributed by atoms with Crippen molar-refractivity contribution in [3.8, 4) is 11.4 Å². The van der Waals surface area contributed by atoms with Crippen molar-refractivity contribution in [2.24, 2.45) is 0 Å². The molecule has 1 aliphatic heterocycles. The first-order valence-electron chi connectivity index (χ1n) is 8.54. The van der Waals surface area contributed by atoms with Gasteiger partial charge in [0.25, 0.3) is 0 Å². The molecule has 140 valence electrons. The molecule has 0 bridgehead atoms. The first-order chi connectivity index (χ1) is 12.9. The molecule has 0 unspecified atom stereocenters. The van der Waals surface area contributed by atoms with E-state index in [0.717, 1.165) is 55.1 Å². The fourth-order valence-electron chi connectivity index (χ4n) is 3.14. The summed E-state index contributed by atoms with van der Waals surface area (Å²) in [6, 6.07) is 4.98. The van der Waals surface area contributed by atoms with Crippen LogP contribution in [0.5, 0.6) is 0 Å². The molecular weight excluding hydrogens is 373 g/mol. The lowest BCUT2D eigenvalue weighted by atomic mass is 10.1. The monoisotopic (exact) mass is 390 g/mol. The highest BCUT2D eigenvalue weighted by molar-refractivity contribution is 7.09. The van der Waals surface area contributed by atoms with Crippen molar-refractivity contribution in [2.45, 2.75) is 32.6 Å². The maximum atomic E-state index is 12.7. The van der Waals surface area contributed by atoms with E-state index in [9.17, 15) is 13.2 Å². The molecule has 0 saturated heterocycles. The average molecular weight is 390 g/mol. The normalized spacial score (nSPS) is 15.0. The van der Waals surface area contributed by atoms with E-state index in [2.05, 4.69) is 19.9 Å². The lowest BCUT2D eigenvalue weighted by Gasteiger charge is -2.27. The number of halogens is 3. The van der Waals surface area contributed by atoms with Gasteiger partial charge < -0.3 is 0 Å². The van der Waals surface area contributed by atoms with Crippen LogP contribution in [0.25, 0.3) is 11.4 Å². The fourth-order valence-corrected chi connectivity index (χ4v) is 3.96. The number of hydrogen-bond donors (Lipinski definition) is 0. The van der Waals surface area contributed by atoms with Crippen molar-refractivity contribution in [1.29, 1.82) is 0 Å². The SMILES string of the molecule is Cc1ncsc1CN1CCc2nc(-c3ccc(C(F)(F)F)cc3)ncc2C1. The molecule has 8 heteroatoms. The lowest BCUT2D eigenvalue weighted by molar-refractivity contribution is -0.137. The average Bonchev–Trinajstić information content (AvgIpc) is 3.05. The smallest absolute Gasteiger partial charge is 0.293 e. The molecule has 3 aromatic rings. The Morgan fingerprint density at radius 3 is 2.59 bits per heavy atom. The van der Waals surface area contributed by atoms with E-state index in [-0.39, 0.29) is 0 Å². The summed E-state index contributed by atoms with van der Waals surface area (Å²) in [5.41, 5.74) is 4.89. The van der Waals surface area contributed by atoms with Crippen molar-refractivity contribution in [3.05, 3.63) is 63.4 Å². The summed E-state index contributed by atoms with van der Waals surface area (Å²) < 4.78 is 38.1. The topological polar surface area (TPSA) is 41.9 Å². The highest BCUT2D eigenvalue weighted by Gasteiger charge is 2.30. The van der Waals surface area contributed by atoms with Crippen LogP contribution < -0.4 is 0 Å². The molecule has 4 rings (SSSR count). The molecule has 0 radical (unpaired) electrons. The third-order valence-electron chi connectivity index (χ3n) is 4.70. The number of hydrogen-bond acceptors (Lipinski definition) is 5. The Morgan fingerprint density at radius 2 is 1.93 bits per heavy atom. The Bertz CT molecular complexity index is 950. The first-order valence-corrected chi connectivity index (χ1v) is 9.42. The summed E-state index contributed by atoms with van der Waals surface area (Å²) in [6.45, 7) is 4.52. The predicted octanol–water partition coefficient (Wildman–Crippen LogP) is 4.49. The first kappa shape index (κ1) is 18.1. The highest BCUT2D eigenvalue weighted by atomic mass is 32.1. The number of benzene rings is 1. The zero-order valence-corrected chi connectivity index (χ0v) is 15.4. The van der Waals surface area contributed by atoms with Gasteiger partial charge in [0.1, 0.15) is 0 Å². The van der Waals surface area contributed by atoms with Crippen LogP contribution in [-0.4, -0.2) is 26.4 Å². The Balaban J connectivity index is 1.51. The number of thiazole rings is 1. The van der Waals surface area contributed by atoms with Crippen molar-refractivity contribution in [2.75, 3.05) is 6.54 Å². The number of aromatic nitrogens is 3. The van der Waals surface area contributed by atoms with E-state index in [1.54, 1.807) is 17.5 Å². The van der Waals surface area contributed by atoms with Gasteiger partial charge >= 0.3 is 6.18 Å². The van der Waals surface area contributed by atoms with Gasteiger partial charge in [0.05, 0.1) is 22.5 Å². The van der Waals surface area contributed by atoms with Crippen LogP contribution in [0.3, 0.4) is 0 Å². The lowest BCUT2D eigenvalue weighted by Crippen LogP contribution is -2.30. The van der Waals surface area contributed by atoms with Gasteiger partial charge in [-0.15, -0.1) is 11.3 Å². The van der Waals surface area contributed by atoms with Crippen LogP contribution in [0.1, 0.15) is 27.4 Å². The van der Waals surface area contributed by atoms with Crippen LogP contribution in [0, 0.1) is 6.92 Å². The zero-order valence-electron chi connectivity index (χ0n) is 14.6. The Labute approximate surface area is 158 Å². The van der Waals surface area contributed by atoms with E-state index < -0.39 is 11.7 Å². The molecule has 0 aliphatic carbocycles. The highest BCUT2D eigenvalue weighted by Crippen LogP contribution is 2.30. The summed E-state index contributed by atoms with van der Waals surface area (Å²) in [5, 5.41) is 0. The Kier molecular flexibility index (Phi) is 4.69. The molecule has 0 fully saturated rings. The summed E-state index contributed by atoms with van der Waals surface area (Å²) in [4.78, 5) is 16.9. The van der Waals surface area contributed by atoms with Gasteiger partial charge in [-0.05, 0) is 19.1 Å². The third kappa shape index (κ3) is 3.86. The Morgan fingerprint density at radius 1 is 1.15 bits per heavy atom. The second-order valence-electron chi connectivity index (χ2n) is 6.56. The molecule has 0 N–H and O–H groups in total. The molecule has 0 spiro atoms. The second kappa shape index (κ2) is 7.01. The maximum Gasteiger partial charge on any atom is 0.416 e. The molecule has 27 heavy (non-hydrogen) atoms. The van der Waals surface area contributed by atoms with Crippen molar-refractivity contribution < 1.29 is 13.2 Å². The molecule has 3 heterocycles. The quantitative estimate of drug-likeness (QED) is 0.661. The van der Waals surface area contributed by atoms with Crippen molar-refractivity contribution >= 4 is 11.3 Å². The zero-order chi connectivity index (χ0) is 19.0. The maximum absolute atomic E-state index is 12.7. The molecule has 1 aromatic carbocycles. The van der Waals surface area contributed by atoms with Gasteiger partial charge in [0.2, 0.25) is 0 Å². The van der Waals surface area contributed by atoms with Gasteiger partial charge in [-0.25, -0.2) is 15.0 Å². The molecule has 1 aliphatic rings. The number of aryl methyl sites for hydroxylation is 1. The number of rotatable bonds is 3. The van der Waals surface area contributed by atoms with Crippen LogP contribution in [0.2, 0.25) is 0 Å².